The molecule has 4 rings (SSSR count). The van der Waals surface area contributed by atoms with Gasteiger partial charge in [-0.05, 0) is 69.0 Å². The molecule has 29 heavy (non-hydrogen) atoms. The van der Waals surface area contributed by atoms with Crippen LogP contribution in [0.4, 0.5) is 4.39 Å². The molecule has 1 aliphatic rings. The van der Waals surface area contributed by atoms with Crippen molar-refractivity contribution in [2.24, 2.45) is 0 Å². The van der Waals surface area contributed by atoms with Crippen LogP contribution in [0.1, 0.15) is 49.7 Å². The molecule has 7 heteroatoms. The minimum atomic E-state index is -0.470. The van der Waals surface area contributed by atoms with Gasteiger partial charge < -0.3 is 0 Å². The first kappa shape index (κ1) is 18.9. The Hall–Kier alpha value is -3.48. The summed E-state index contributed by atoms with van der Waals surface area (Å²) >= 11 is 0. The number of carbonyl (C=O) groups is 2. The van der Waals surface area contributed by atoms with E-state index >= 15 is 0 Å². The van der Waals surface area contributed by atoms with Crippen molar-refractivity contribution in [3.63, 3.8) is 0 Å². The molecule has 148 valence electrons. The zero-order chi connectivity index (χ0) is 20.5. The number of nitrogens with one attached hydrogen (secondary N) is 2. The standard InChI is InChI=1S/C22H21FN4O2/c1-13-6-11-17(14(2)12-13)21(28)24-25-22(29)20-18-4-3-5-19(18)27(26-20)16-9-7-15(23)8-10-16/h6-12H,3-5H2,1-2H3,(H,24,28)(H,25,29). The van der Waals surface area contributed by atoms with Crippen molar-refractivity contribution in [2.75, 3.05) is 0 Å². The van der Waals surface area contributed by atoms with E-state index in [1.807, 2.05) is 26.0 Å². The molecule has 0 fully saturated rings. The molecule has 0 atom stereocenters. The number of hydrazine groups is 1. The molecule has 0 unspecified atom stereocenters. The second-order valence-corrected chi connectivity index (χ2v) is 7.24. The number of fused-ring (bicyclic) bond motifs is 1. The Labute approximate surface area is 167 Å². The lowest BCUT2D eigenvalue weighted by molar-refractivity contribution is 0.0842. The number of hydrogen-bond acceptors (Lipinski definition) is 3. The number of aryl methyl sites for hydroxylation is 2. The third kappa shape index (κ3) is 3.63. The Kier molecular flexibility index (Phi) is 4.88. The topological polar surface area (TPSA) is 76.0 Å². The zero-order valence-electron chi connectivity index (χ0n) is 16.3. The summed E-state index contributed by atoms with van der Waals surface area (Å²) in [6.45, 7) is 3.80. The number of nitrogens with zero attached hydrogens (tertiary/aromatic N) is 2. The molecule has 0 saturated carbocycles. The van der Waals surface area contributed by atoms with Gasteiger partial charge in [-0.3, -0.25) is 20.4 Å². The van der Waals surface area contributed by atoms with E-state index in [1.54, 1.807) is 22.9 Å². The van der Waals surface area contributed by atoms with Crippen LogP contribution in [0.25, 0.3) is 5.69 Å². The predicted octanol–water partition coefficient (Wildman–Crippen LogP) is 3.19. The van der Waals surface area contributed by atoms with Gasteiger partial charge in [0.05, 0.1) is 5.69 Å². The Bertz CT molecular complexity index is 1100. The monoisotopic (exact) mass is 392 g/mol. The van der Waals surface area contributed by atoms with E-state index in [2.05, 4.69) is 16.0 Å². The van der Waals surface area contributed by atoms with Crippen LogP contribution in [0, 0.1) is 19.7 Å². The highest BCUT2D eigenvalue weighted by atomic mass is 19.1. The Morgan fingerprint density at radius 2 is 1.72 bits per heavy atom. The highest BCUT2D eigenvalue weighted by molar-refractivity contribution is 5.99. The van der Waals surface area contributed by atoms with E-state index in [9.17, 15) is 14.0 Å². The lowest BCUT2D eigenvalue weighted by atomic mass is 10.1. The first-order valence-corrected chi connectivity index (χ1v) is 9.48. The van der Waals surface area contributed by atoms with Gasteiger partial charge in [-0.15, -0.1) is 0 Å². The summed E-state index contributed by atoms with van der Waals surface area (Å²) in [6, 6.07) is 11.5. The molecule has 0 spiro atoms. The van der Waals surface area contributed by atoms with Crippen molar-refractivity contribution in [3.05, 3.63) is 81.9 Å². The molecule has 0 saturated heterocycles. The molecular weight excluding hydrogens is 371 g/mol. The average Bonchev–Trinajstić information content (AvgIpc) is 3.29. The second-order valence-electron chi connectivity index (χ2n) is 7.24. The van der Waals surface area contributed by atoms with Crippen LogP contribution < -0.4 is 10.9 Å². The van der Waals surface area contributed by atoms with E-state index in [0.717, 1.165) is 41.6 Å². The summed E-state index contributed by atoms with van der Waals surface area (Å²) in [6.07, 6.45) is 2.45. The molecule has 2 N–H and O–H groups in total. The van der Waals surface area contributed by atoms with E-state index in [1.165, 1.54) is 12.1 Å². The molecule has 0 radical (unpaired) electrons. The smallest absolute Gasteiger partial charge is 0.267 e. The molecular formula is C22H21FN4O2. The minimum Gasteiger partial charge on any atom is -0.267 e. The molecule has 2 aromatic carbocycles. The maximum atomic E-state index is 13.2. The van der Waals surface area contributed by atoms with E-state index in [0.29, 0.717) is 11.3 Å². The van der Waals surface area contributed by atoms with Gasteiger partial charge in [0.2, 0.25) is 0 Å². The van der Waals surface area contributed by atoms with Crippen molar-refractivity contribution < 1.29 is 14.0 Å². The summed E-state index contributed by atoms with van der Waals surface area (Å²) in [5, 5.41) is 4.44. The van der Waals surface area contributed by atoms with Crippen molar-refractivity contribution in [3.8, 4) is 5.69 Å². The number of benzene rings is 2. The normalized spacial score (nSPS) is 12.5. The van der Waals surface area contributed by atoms with Gasteiger partial charge in [0, 0.05) is 16.8 Å². The largest absolute Gasteiger partial charge is 0.290 e. The van der Waals surface area contributed by atoms with Crippen LogP contribution in [0.2, 0.25) is 0 Å². The number of amides is 2. The molecule has 3 aromatic rings. The van der Waals surface area contributed by atoms with Gasteiger partial charge in [0.25, 0.3) is 11.8 Å². The fourth-order valence-electron chi connectivity index (χ4n) is 3.72. The first-order valence-electron chi connectivity index (χ1n) is 9.48. The van der Waals surface area contributed by atoms with Crippen LogP contribution in [0.5, 0.6) is 0 Å². The summed E-state index contributed by atoms with van der Waals surface area (Å²) in [7, 11) is 0. The Balaban J connectivity index is 1.54. The van der Waals surface area contributed by atoms with Crippen LogP contribution >= 0.6 is 0 Å². The number of halogens is 1. The van der Waals surface area contributed by atoms with Gasteiger partial charge in [-0.25, -0.2) is 9.07 Å². The third-order valence-corrected chi connectivity index (χ3v) is 5.13. The van der Waals surface area contributed by atoms with Crippen molar-refractivity contribution in [1.29, 1.82) is 0 Å². The molecule has 0 aliphatic heterocycles. The number of rotatable bonds is 3. The zero-order valence-corrected chi connectivity index (χ0v) is 16.3. The minimum absolute atomic E-state index is 0.280. The van der Waals surface area contributed by atoms with Gasteiger partial charge in [0.15, 0.2) is 5.69 Å². The average molecular weight is 392 g/mol. The van der Waals surface area contributed by atoms with Gasteiger partial charge in [0.1, 0.15) is 5.82 Å². The fraction of sp³-hybridized carbons (Fsp3) is 0.227. The van der Waals surface area contributed by atoms with Gasteiger partial charge in [-0.2, -0.15) is 5.10 Å². The number of aromatic nitrogens is 2. The van der Waals surface area contributed by atoms with Crippen LogP contribution in [-0.4, -0.2) is 21.6 Å². The van der Waals surface area contributed by atoms with E-state index in [4.69, 9.17) is 0 Å². The molecule has 1 heterocycles. The molecule has 6 nitrogen and oxygen atoms in total. The number of hydrogen-bond donors (Lipinski definition) is 2. The van der Waals surface area contributed by atoms with E-state index < -0.39 is 5.91 Å². The quantitative estimate of drug-likeness (QED) is 0.672. The highest BCUT2D eigenvalue weighted by Gasteiger charge is 2.27. The Morgan fingerprint density at radius 1 is 1.00 bits per heavy atom. The summed E-state index contributed by atoms with van der Waals surface area (Å²) in [4.78, 5) is 25.1. The fourth-order valence-corrected chi connectivity index (χ4v) is 3.72. The number of carbonyl (C=O) groups excluding carboxylic acids is 2. The molecule has 1 aliphatic carbocycles. The summed E-state index contributed by atoms with van der Waals surface area (Å²) < 4.78 is 14.9. The maximum Gasteiger partial charge on any atom is 0.290 e. The summed E-state index contributed by atoms with van der Waals surface area (Å²) in [5.41, 5.74) is 10.1. The van der Waals surface area contributed by atoms with Crippen LogP contribution in [-0.2, 0) is 12.8 Å². The summed E-state index contributed by atoms with van der Waals surface area (Å²) in [5.74, 6) is -1.18. The predicted molar refractivity (Wildman–Crippen MR) is 106 cm³/mol. The highest BCUT2D eigenvalue weighted by Crippen LogP contribution is 2.27. The third-order valence-electron chi connectivity index (χ3n) is 5.13. The molecule has 2 amide bonds. The van der Waals surface area contributed by atoms with Crippen molar-refractivity contribution in [1.82, 2.24) is 20.6 Å². The lowest BCUT2D eigenvalue weighted by Gasteiger charge is -2.09. The molecule has 0 bridgehead atoms. The van der Waals surface area contributed by atoms with Crippen LogP contribution in [0.3, 0.4) is 0 Å². The Morgan fingerprint density at radius 3 is 2.45 bits per heavy atom. The van der Waals surface area contributed by atoms with Crippen molar-refractivity contribution in [2.45, 2.75) is 33.1 Å². The first-order chi connectivity index (χ1) is 13.9. The second kappa shape index (κ2) is 7.50. The van der Waals surface area contributed by atoms with Gasteiger partial charge >= 0.3 is 0 Å². The van der Waals surface area contributed by atoms with Crippen molar-refractivity contribution >= 4 is 11.8 Å². The van der Waals surface area contributed by atoms with Crippen LogP contribution in [0.15, 0.2) is 42.5 Å². The van der Waals surface area contributed by atoms with E-state index in [-0.39, 0.29) is 17.4 Å². The maximum absolute atomic E-state index is 13.2. The lowest BCUT2D eigenvalue weighted by Crippen LogP contribution is -2.42. The SMILES string of the molecule is Cc1ccc(C(=O)NNC(=O)c2nn(-c3ccc(F)cc3)c3c2CCC3)c(C)c1. The molecule has 1 aromatic heterocycles. The van der Waals surface area contributed by atoms with Gasteiger partial charge in [-0.1, -0.05) is 17.7 Å².